The second-order valence-corrected chi connectivity index (χ2v) is 31.1. The fraction of sp³-hybridized carbons (Fsp3) is 0.948. The molecule has 2 unspecified atom stereocenters. The van der Waals surface area contributed by atoms with Crippen molar-refractivity contribution in [3.8, 4) is 0 Å². The fourth-order valence-electron chi connectivity index (χ4n) is 11.9. The first-order valence-corrected chi connectivity index (χ1v) is 43.1. The molecule has 96 heavy (non-hydrogen) atoms. The highest BCUT2D eigenvalue weighted by Crippen LogP contribution is 2.45. The Balaban J connectivity index is 5.24. The molecule has 0 saturated heterocycles. The van der Waals surface area contributed by atoms with Crippen LogP contribution in [0.5, 0.6) is 0 Å². The minimum Gasteiger partial charge on any atom is -0.462 e. The second-order valence-electron chi connectivity index (χ2n) is 28.2. The number of rotatable bonds is 77. The van der Waals surface area contributed by atoms with E-state index in [2.05, 4.69) is 34.6 Å². The molecule has 19 heteroatoms. The average molecular weight is 1410 g/mol. The van der Waals surface area contributed by atoms with Gasteiger partial charge in [0, 0.05) is 25.7 Å². The lowest BCUT2D eigenvalue weighted by Gasteiger charge is -2.21. The number of unbranched alkanes of at least 4 members (excludes halogenated alkanes) is 49. The largest absolute Gasteiger partial charge is 0.472 e. The van der Waals surface area contributed by atoms with E-state index in [1.54, 1.807) is 0 Å². The molecular formula is C77H150O17P2. The topological polar surface area (TPSA) is 237 Å². The Hall–Kier alpha value is -1.94. The van der Waals surface area contributed by atoms with Crippen molar-refractivity contribution < 1.29 is 80.2 Å². The number of hydrogen-bond donors (Lipinski definition) is 3. The summed E-state index contributed by atoms with van der Waals surface area (Å²) in [4.78, 5) is 72.8. The SMILES string of the molecule is CCCCCCCCCCCCCCCCCCC(=O)OC[C@H](COP(=O)(O)OC[C@@H](O)COP(=O)(O)OC[C@@H](COC(=O)CCCCCCCCCCCC)OC(=O)CCCCCCCCCCCCCCC)OC(=O)CCCCCCCCCCCCCCCCC(C)C. The first kappa shape index (κ1) is 94.1. The fourth-order valence-corrected chi connectivity index (χ4v) is 13.5. The molecule has 0 bridgehead atoms. The maximum absolute atomic E-state index is 13.1. The van der Waals surface area contributed by atoms with Crippen LogP contribution in [-0.2, 0) is 65.4 Å². The van der Waals surface area contributed by atoms with Gasteiger partial charge in [0.1, 0.15) is 19.3 Å². The summed E-state index contributed by atoms with van der Waals surface area (Å²) >= 11 is 0. The van der Waals surface area contributed by atoms with Gasteiger partial charge in [0.05, 0.1) is 26.4 Å². The highest BCUT2D eigenvalue weighted by molar-refractivity contribution is 7.47. The van der Waals surface area contributed by atoms with Gasteiger partial charge >= 0.3 is 39.5 Å². The molecule has 0 aliphatic rings. The van der Waals surface area contributed by atoms with E-state index >= 15 is 0 Å². The number of aliphatic hydroxyl groups excluding tert-OH is 1. The van der Waals surface area contributed by atoms with Crippen molar-refractivity contribution in [1.29, 1.82) is 0 Å². The maximum atomic E-state index is 13.1. The zero-order valence-electron chi connectivity index (χ0n) is 62.5. The van der Waals surface area contributed by atoms with Gasteiger partial charge in [-0.15, -0.1) is 0 Å². The van der Waals surface area contributed by atoms with Crippen LogP contribution in [0.4, 0.5) is 0 Å². The lowest BCUT2D eigenvalue weighted by atomic mass is 10.0. The Kier molecular flexibility index (Phi) is 68.7. The molecule has 0 spiro atoms. The van der Waals surface area contributed by atoms with Crippen molar-refractivity contribution in [2.24, 2.45) is 5.92 Å². The van der Waals surface area contributed by atoms with Gasteiger partial charge in [0.2, 0.25) is 0 Å². The van der Waals surface area contributed by atoms with E-state index in [0.29, 0.717) is 25.7 Å². The van der Waals surface area contributed by atoms with Gasteiger partial charge in [-0.3, -0.25) is 37.3 Å². The lowest BCUT2D eigenvalue weighted by Crippen LogP contribution is -2.30. The number of phosphoric ester groups is 2. The molecule has 0 amide bonds. The van der Waals surface area contributed by atoms with Gasteiger partial charge < -0.3 is 33.8 Å². The van der Waals surface area contributed by atoms with Gasteiger partial charge in [-0.2, -0.15) is 0 Å². The molecule has 0 radical (unpaired) electrons. The third kappa shape index (κ3) is 70.5. The molecule has 5 atom stereocenters. The van der Waals surface area contributed by atoms with Crippen molar-refractivity contribution in [2.45, 2.75) is 425 Å². The van der Waals surface area contributed by atoms with Crippen LogP contribution < -0.4 is 0 Å². The first-order chi connectivity index (χ1) is 46.5. The normalized spacial score (nSPS) is 13.9. The molecule has 0 aliphatic carbocycles. The number of aliphatic hydroxyl groups is 1. The molecule has 0 aromatic carbocycles. The van der Waals surface area contributed by atoms with Crippen LogP contribution in [0.25, 0.3) is 0 Å². The van der Waals surface area contributed by atoms with E-state index in [4.69, 9.17) is 37.0 Å². The highest BCUT2D eigenvalue weighted by atomic mass is 31.2. The van der Waals surface area contributed by atoms with Crippen LogP contribution in [0.15, 0.2) is 0 Å². The number of carbonyl (C=O) groups excluding carboxylic acids is 4. The second kappa shape index (κ2) is 70.1. The van der Waals surface area contributed by atoms with Gasteiger partial charge in [0.25, 0.3) is 0 Å². The summed E-state index contributed by atoms with van der Waals surface area (Å²) < 4.78 is 68.6. The summed E-state index contributed by atoms with van der Waals surface area (Å²) in [6.07, 6.45) is 59.5. The Morgan fingerprint density at radius 2 is 0.479 bits per heavy atom. The Morgan fingerprint density at radius 3 is 0.708 bits per heavy atom. The van der Waals surface area contributed by atoms with Crippen LogP contribution in [0.2, 0.25) is 0 Å². The summed E-state index contributed by atoms with van der Waals surface area (Å²) in [5.41, 5.74) is 0. The number of carbonyl (C=O) groups is 4. The van der Waals surface area contributed by atoms with Crippen LogP contribution in [0.3, 0.4) is 0 Å². The van der Waals surface area contributed by atoms with Crippen molar-refractivity contribution >= 4 is 39.5 Å². The standard InChI is InChI=1S/C77H150O17P2/c1-6-9-12-15-18-21-24-26-27-28-33-36-41-46-51-56-61-75(80)88-67-73(94-77(82)63-58-53-48-43-38-34-30-29-32-35-39-44-49-54-59-70(4)5)69-92-96(85,86)90-65-71(78)64-89-95(83,84)91-68-72(66-87-74(79)60-55-50-45-40-23-20-17-14-11-8-3)93-76(81)62-57-52-47-42-37-31-25-22-19-16-13-10-7-2/h70-73,78H,6-69H2,1-5H3,(H,83,84)(H,85,86)/t71-,72+,73+/m0/s1. The van der Waals surface area contributed by atoms with Crippen molar-refractivity contribution in [3.05, 3.63) is 0 Å². The first-order valence-electron chi connectivity index (χ1n) is 40.1. The van der Waals surface area contributed by atoms with E-state index in [0.717, 1.165) is 95.8 Å². The molecular weight excluding hydrogens is 1260 g/mol. The van der Waals surface area contributed by atoms with Crippen molar-refractivity contribution in [2.75, 3.05) is 39.6 Å². The molecule has 17 nitrogen and oxygen atoms in total. The quantitative estimate of drug-likeness (QED) is 0.0222. The third-order valence-corrected chi connectivity index (χ3v) is 19.9. The van der Waals surface area contributed by atoms with E-state index in [9.17, 15) is 43.2 Å². The molecule has 0 saturated carbocycles. The van der Waals surface area contributed by atoms with Gasteiger partial charge in [0.15, 0.2) is 12.2 Å². The molecule has 0 aliphatic heterocycles. The molecule has 0 aromatic heterocycles. The summed E-state index contributed by atoms with van der Waals surface area (Å²) in [6.45, 7) is 7.32. The number of esters is 4. The molecule has 0 heterocycles. The number of ether oxygens (including phenoxy) is 4. The number of phosphoric acid groups is 2. The summed E-state index contributed by atoms with van der Waals surface area (Å²) in [5.74, 6) is -1.31. The van der Waals surface area contributed by atoms with Crippen LogP contribution >= 0.6 is 15.6 Å². The molecule has 0 rings (SSSR count). The van der Waals surface area contributed by atoms with Gasteiger partial charge in [-0.1, -0.05) is 356 Å². The maximum Gasteiger partial charge on any atom is 0.472 e. The Morgan fingerprint density at radius 1 is 0.281 bits per heavy atom. The zero-order valence-corrected chi connectivity index (χ0v) is 64.3. The van der Waals surface area contributed by atoms with Crippen LogP contribution in [0.1, 0.15) is 407 Å². The van der Waals surface area contributed by atoms with Gasteiger partial charge in [-0.25, -0.2) is 9.13 Å². The molecule has 0 aromatic rings. The summed E-state index contributed by atoms with van der Waals surface area (Å²) in [5, 5.41) is 10.6. The summed E-state index contributed by atoms with van der Waals surface area (Å²) in [6, 6.07) is 0. The number of hydrogen-bond acceptors (Lipinski definition) is 15. The van der Waals surface area contributed by atoms with Crippen molar-refractivity contribution in [3.63, 3.8) is 0 Å². The van der Waals surface area contributed by atoms with E-state index in [-0.39, 0.29) is 25.7 Å². The molecule has 570 valence electrons. The average Bonchev–Trinajstić information content (AvgIpc) is 1.71. The minimum atomic E-state index is -4.96. The molecule has 0 fully saturated rings. The Labute approximate surface area is 588 Å². The third-order valence-electron chi connectivity index (χ3n) is 18.0. The van der Waals surface area contributed by atoms with Crippen molar-refractivity contribution in [1.82, 2.24) is 0 Å². The lowest BCUT2D eigenvalue weighted by molar-refractivity contribution is -0.161. The zero-order chi connectivity index (χ0) is 70.5. The summed E-state index contributed by atoms with van der Waals surface area (Å²) in [7, 11) is -9.91. The predicted octanol–water partition coefficient (Wildman–Crippen LogP) is 22.9. The van der Waals surface area contributed by atoms with Crippen LogP contribution in [-0.4, -0.2) is 96.7 Å². The Bertz CT molecular complexity index is 1840. The smallest absolute Gasteiger partial charge is 0.462 e. The van der Waals surface area contributed by atoms with E-state index in [1.165, 1.54) is 231 Å². The minimum absolute atomic E-state index is 0.108. The highest BCUT2D eigenvalue weighted by Gasteiger charge is 2.30. The predicted molar refractivity (Wildman–Crippen MR) is 391 cm³/mol. The van der Waals surface area contributed by atoms with Crippen LogP contribution in [0, 0.1) is 5.92 Å². The van der Waals surface area contributed by atoms with Gasteiger partial charge in [-0.05, 0) is 31.6 Å². The molecule has 3 N–H and O–H groups in total. The van der Waals surface area contributed by atoms with E-state index < -0.39 is 97.5 Å². The van der Waals surface area contributed by atoms with E-state index in [1.807, 2.05) is 0 Å². The monoisotopic (exact) mass is 1410 g/mol.